The van der Waals surface area contributed by atoms with E-state index in [1.165, 1.54) is 51.4 Å². The van der Waals surface area contributed by atoms with Crippen molar-refractivity contribution in [3.8, 4) is 0 Å². The van der Waals surface area contributed by atoms with Crippen molar-refractivity contribution in [2.45, 2.75) is 86.0 Å². The topological polar surface area (TPSA) is 0 Å². The third kappa shape index (κ3) is 14.5. The minimum atomic E-state index is 1.05. The molecule has 0 heteroatoms. The molecule has 0 atom stereocenters. The average molecular weight is 200 g/mol. The van der Waals surface area contributed by atoms with Gasteiger partial charge in [-0.3, -0.25) is 0 Å². The van der Waals surface area contributed by atoms with E-state index in [1.54, 1.807) is 0 Å². The quantitative estimate of drug-likeness (QED) is 0.504. The van der Waals surface area contributed by atoms with Gasteiger partial charge in [-0.15, -0.1) is 0 Å². The van der Waals surface area contributed by atoms with Crippen LogP contribution >= 0.6 is 0 Å². The molecule has 0 unspecified atom stereocenters. The summed E-state index contributed by atoms with van der Waals surface area (Å²) in [4.78, 5) is 0. The zero-order valence-corrected chi connectivity index (χ0v) is 11.2. The van der Waals surface area contributed by atoms with Gasteiger partial charge in [-0.2, -0.15) is 0 Å². The molecule has 88 valence electrons. The molecule has 0 saturated heterocycles. The van der Waals surface area contributed by atoms with Gasteiger partial charge in [0.15, 0.2) is 0 Å². The monoisotopic (exact) mass is 200 g/mol. The van der Waals surface area contributed by atoms with Crippen LogP contribution in [0.4, 0.5) is 0 Å². The van der Waals surface area contributed by atoms with Gasteiger partial charge in [-0.05, 0) is 5.92 Å². The number of hydrogen-bond acceptors (Lipinski definition) is 0. The molecule has 0 aliphatic heterocycles. The number of hydrogen-bond donors (Lipinski definition) is 0. The molecule has 0 nitrogen and oxygen atoms in total. The first kappa shape index (κ1) is 16.4. The Kier molecular flexibility index (Phi) is 18.2. The smallest absolute Gasteiger partial charge is 0.0443 e. The summed E-state index contributed by atoms with van der Waals surface area (Å²) in [6, 6.07) is 0. The minimum Gasteiger partial charge on any atom is -0.0683 e. The van der Waals surface area contributed by atoms with Gasteiger partial charge < -0.3 is 0 Å². The molecule has 1 fully saturated rings. The Bertz CT molecular complexity index is 66.1. The van der Waals surface area contributed by atoms with Gasteiger partial charge in [0.05, 0.1) is 0 Å². The van der Waals surface area contributed by atoms with Crippen LogP contribution in [0.1, 0.15) is 86.0 Å². The summed E-state index contributed by atoms with van der Waals surface area (Å²) < 4.78 is 0. The van der Waals surface area contributed by atoms with Gasteiger partial charge >= 0.3 is 0 Å². The molecule has 0 N–H and O–H groups in total. The molecule has 0 aromatic rings. The van der Waals surface area contributed by atoms with Crippen LogP contribution in [0.5, 0.6) is 0 Å². The van der Waals surface area contributed by atoms with Crippen molar-refractivity contribution in [3.05, 3.63) is 0 Å². The molecule has 0 amide bonds. The van der Waals surface area contributed by atoms with E-state index in [9.17, 15) is 0 Å². The lowest BCUT2D eigenvalue weighted by molar-refractivity contribution is 0.612. The standard InChI is InChI=1S/C6H12.C6H14.C2H6/c1-6-4-2-3-5-6;1-3-5-6-4-2;1-2/h6H,2-5H2,1H3;3-6H2,1-2H3;1-2H3. The second kappa shape index (κ2) is 15.5. The molecule has 0 heterocycles. The molecule has 1 rings (SSSR count). The highest BCUT2D eigenvalue weighted by atomic mass is 14.1. The highest BCUT2D eigenvalue weighted by molar-refractivity contribution is 4.60. The molecule has 0 spiro atoms. The lowest BCUT2D eigenvalue weighted by atomic mass is 10.2. The fourth-order valence-electron chi connectivity index (χ4n) is 1.63. The van der Waals surface area contributed by atoms with E-state index in [4.69, 9.17) is 0 Å². The summed E-state index contributed by atoms with van der Waals surface area (Å²) in [5.74, 6) is 1.05. The van der Waals surface area contributed by atoms with Crippen LogP contribution in [-0.4, -0.2) is 0 Å². The first-order valence-electron chi connectivity index (χ1n) is 6.81. The molecule has 1 aliphatic carbocycles. The Balaban J connectivity index is 0. The van der Waals surface area contributed by atoms with E-state index in [2.05, 4.69) is 20.8 Å². The van der Waals surface area contributed by atoms with Crippen LogP contribution in [-0.2, 0) is 0 Å². The third-order valence-corrected chi connectivity index (χ3v) is 2.60. The Morgan fingerprint density at radius 1 is 0.857 bits per heavy atom. The van der Waals surface area contributed by atoms with Crippen LogP contribution < -0.4 is 0 Å². The average Bonchev–Trinajstić information content (AvgIpc) is 2.70. The van der Waals surface area contributed by atoms with E-state index in [-0.39, 0.29) is 0 Å². The molecule has 0 aromatic carbocycles. The van der Waals surface area contributed by atoms with Crippen molar-refractivity contribution in [2.75, 3.05) is 0 Å². The van der Waals surface area contributed by atoms with Crippen molar-refractivity contribution in [3.63, 3.8) is 0 Å². The SMILES string of the molecule is CC.CC1CCCC1.CCCCCC. The van der Waals surface area contributed by atoms with E-state index in [0.29, 0.717) is 0 Å². The normalized spacial score (nSPS) is 15.2. The predicted octanol–water partition coefficient (Wildman–Crippen LogP) is 5.81. The number of rotatable bonds is 3. The summed E-state index contributed by atoms with van der Waals surface area (Å²) in [6.07, 6.45) is 11.5. The third-order valence-electron chi connectivity index (χ3n) is 2.60. The predicted molar refractivity (Wildman–Crippen MR) is 68.8 cm³/mol. The lowest BCUT2D eigenvalue weighted by Crippen LogP contribution is -1.78. The van der Waals surface area contributed by atoms with Crippen molar-refractivity contribution < 1.29 is 0 Å². The summed E-state index contributed by atoms with van der Waals surface area (Å²) in [7, 11) is 0. The zero-order valence-electron chi connectivity index (χ0n) is 11.2. The fraction of sp³-hybridized carbons (Fsp3) is 1.00. The van der Waals surface area contributed by atoms with Crippen LogP contribution in [0, 0.1) is 5.92 Å². The zero-order chi connectivity index (χ0) is 11.2. The maximum absolute atomic E-state index is 2.34. The Hall–Kier alpha value is 0. The van der Waals surface area contributed by atoms with Crippen LogP contribution in [0.15, 0.2) is 0 Å². The van der Waals surface area contributed by atoms with Gasteiger partial charge in [-0.1, -0.05) is 86.0 Å². The van der Waals surface area contributed by atoms with Crippen molar-refractivity contribution in [1.82, 2.24) is 0 Å². The van der Waals surface area contributed by atoms with Crippen LogP contribution in [0.2, 0.25) is 0 Å². The van der Waals surface area contributed by atoms with E-state index < -0.39 is 0 Å². The maximum atomic E-state index is 2.34. The van der Waals surface area contributed by atoms with Gasteiger partial charge in [0.25, 0.3) is 0 Å². The molecular weight excluding hydrogens is 168 g/mol. The Labute approximate surface area is 92.5 Å². The van der Waals surface area contributed by atoms with Gasteiger partial charge in [0, 0.05) is 0 Å². The van der Waals surface area contributed by atoms with Gasteiger partial charge in [0.1, 0.15) is 0 Å². The lowest BCUT2D eigenvalue weighted by Gasteiger charge is -1.91. The van der Waals surface area contributed by atoms with E-state index in [0.717, 1.165) is 5.92 Å². The highest BCUT2D eigenvalue weighted by Crippen LogP contribution is 2.22. The van der Waals surface area contributed by atoms with Crippen molar-refractivity contribution >= 4 is 0 Å². The minimum absolute atomic E-state index is 1.05. The molecule has 1 aliphatic rings. The summed E-state index contributed by atoms with van der Waals surface area (Å²) in [6.45, 7) is 10.8. The molecular formula is C14H32. The Morgan fingerprint density at radius 3 is 1.36 bits per heavy atom. The number of unbranched alkanes of at least 4 members (excludes halogenated alkanes) is 3. The maximum Gasteiger partial charge on any atom is -0.0443 e. The molecule has 14 heavy (non-hydrogen) atoms. The van der Waals surface area contributed by atoms with Crippen molar-refractivity contribution in [2.24, 2.45) is 5.92 Å². The van der Waals surface area contributed by atoms with Crippen LogP contribution in [0.25, 0.3) is 0 Å². The molecule has 1 saturated carbocycles. The second-order valence-corrected chi connectivity index (χ2v) is 4.10. The first-order chi connectivity index (χ1) is 6.81. The van der Waals surface area contributed by atoms with Gasteiger partial charge in [-0.25, -0.2) is 0 Å². The largest absolute Gasteiger partial charge is 0.0683 e. The van der Waals surface area contributed by atoms with Gasteiger partial charge in [0.2, 0.25) is 0 Å². The Morgan fingerprint density at radius 2 is 1.21 bits per heavy atom. The first-order valence-corrected chi connectivity index (χ1v) is 6.81. The second-order valence-electron chi connectivity index (χ2n) is 4.10. The highest BCUT2D eigenvalue weighted by Gasteiger charge is 2.07. The van der Waals surface area contributed by atoms with Crippen molar-refractivity contribution in [1.29, 1.82) is 0 Å². The summed E-state index contributed by atoms with van der Waals surface area (Å²) >= 11 is 0. The fourth-order valence-corrected chi connectivity index (χ4v) is 1.63. The molecule has 0 bridgehead atoms. The summed E-state index contributed by atoms with van der Waals surface area (Å²) in [5, 5.41) is 0. The molecule has 0 radical (unpaired) electrons. The molecule has 0 aromatic heterocycles. The van der Waals surface area contributed by atoms with E-state index in [1.807, 2.05) is 13.8 Å². The van der Waals surface area contributed by atoms with Crippen LogP contribution in [0.3, 0.4) is 0 Å². The summed E-state index contributed by atoms with van der Waals surface area (Å²) in [5.41, 5.74) is 0. The van der Waals surface area contributed by atoms with E-state index >= 15 is 0 Å².